The van der Waals surface area contributed by atoms with E-state index >= 15 is 0 Å². The van der Waals surface area contributed by atoms with Crippen LogP contribution in [-0.2, 0) is 11.3 Å². The normalized spacial score (nSPS) is 13.1. The Morgan fingerprint density at radius 3 is 2.71 bits per heavy atom. The quantitative estimate of drug-likeness (QED) is 0.334. The third kappa shape index (κ3) is 6.83. The lowest BCUT2D eigenvalue weighted by Crippen LogP contribution is -2.31. The van der Waals surface area contributed by atoms with Crippen LogP contribution < -0.4 is 16.0 Å². The highest BCUT2D eigenvalue weighted by Gasteiger charge is 2.20. The van der Waals surface area contributed by atoms with Crippen molar-refractivity contribution in [1.29, 1.82) is 0 Å². The van der Waals surface area contributed by atoms with Gasteiger partial charge in [0, 0.05) is 54.5 Å². The lowest BCUT2D eigenvalue weighted by molar-refractivity contribution is -0.127. The minimum absolute atomic E-state index is 0.182. The van der Waals surface area contributed by atoms with Crippen molar-refractivity contribution in [2.24, 2.45) is 0 Å². The first-order chi connectivity index (χ1) is 17.0. The first-order valence-corrected chi connectivity index (χ1v) is 12.2. The summed E-state index contributed by atoms with van der Waals surface area (Å²) in [5.74, 6) is 0.600. The number of halogens is 2. The Balaban J connectivity index is 1.44. The topological polar surface area (TPSA) is 99.2 Å². The standard InChI is InChI=1S/C25H26Cl2N6O2/c26-18-9-10-21(27)17(14-18)15-29-25-30-16-20(23(32-25)31-19-6-2-1-3-7-19)24(35)28-11-5-13-33-12-4-8-22(33)34/h1-3,6-7,9-10,14,16H,4-5,8,11-13,15H2,(H,28,35)(H2,29,30,31,32). The van der Waals surface area contributed by atoms with Crippen LogP contribution in [0, 0.1) is 0 Å². The Hall–Kier alpha value is -3.36. The van der Waals surface area contributed by atoms with E-state index in [1.54, 1.807) is 18.2 Å². The Morgan fingerprint density at radius 1 is 1.11 bits per heavy atom. The molecule has 0 aliphatic carbocycles. The van der Waals surface area contributed by atoms with E-state index in [1.807, 2.05) is 35.2 Å². The smallest absolute Gasteiger partial charge is 0.256 e. The molecule has 0 unspecified atom stereocenters. The minimum Gasteiger partial charge on any atom is -0.352 e. The first kappa shape index (κ1) is 24.8. The summed E-state index contributed by atoms with van der Waals surface area (Å²) in [6, 6.07) is 14.7. The molecule has 1 fully saturated rings. The average molecular weight is 513 g/mol. The molecule has 35 heavy (non-hydrogen) atoms. The number of anilines is 3. The molecule has 0 saturated carbocycles. The summed E-state index contributed by atoms with van der Waals surface area (Å²) >= 11 is 12.3. The van der Waals surface area contributed by atoms with Gasteiger partial charge in [-0.3, -0.25) is 9.59 Å². The summed E-state index contributed by atoms with van der Waals surface area (Å²) in [5.41, 5.74) is 1.91. The van der Waals surface area contributed by atoms with Gasteiger partial charge in [0.2, 0.25) is 11.9 Å². The molecule has 1 saturated heterocycles. The van der Waals surface area contributed by atoms with Crippen LogP contribution >= 0.6 is 23.2 Å². The van der Waals surface area contributed by atoms with Gasteiger partial charge in [-0.1, -0.05) is 41.4 Å². The van der Waals surface area contributed by atoms with Gasteiger partial charge >= 0.3 is 0 Å². The van der Waals surface area contributed by atoms with Crippen LogP contribution in [0.15, 0.2) is 54.7 Å². The lowest BCUT2D eigenvalue weighted by atomic mass is 10.2. The zero-order valence-corrected chi connectivity index (χ0v) is 20.6. The van der Waals surface area contributed by atoms with Crippen LogP contribution in [0.2, 0.25) is 10.0 Å². The van der Waals surface area contributed by atoms with Crippen LogP contribution in [0.25, 0.3) is 0 Å². The number of amides is 2. The van der Waals surface area contributed by atoms with E-state index in [2.05, 4.69) is 25.9 Å². The van der Waals surface area contributed by atoms with E-state index in [1.165, 1.54) is 6.20 Å². The van der Waals surface area contributed by atoms with Crippen molar-refractivity contribution >= 4 is 52.5 Å². The number of hydrogen-bond donors (Lipinski definition) is 3. The zero-order chi connectivity index (χ0) is 24.6. The minimum atomic E-state index is -0.291. The maximum atomic E-state index is 12.9. The maximum absolute atomic E-state index is 12.9. The van der Waals surface area contributed by atoms with E-state index in [9.17, 15) is 9.59 Å². The molecule has 1 aliphatic heterocycles. The molecule has 2 heterocycles. The molecular weight excluding hydrogens is 487 g/mol. The van der Waals surface area contributed by atoms with E-state index in [4.69, 9.17) is 23.2 Å². The average Bonchev–Trinajstić information content (AvgIpc) is 3.27. The lowest BCUT2D eigenvalue weighted by Gasteiger charge is -2.16. The van der Waals surface area contributed by atoms with Gasteiger partial charge in [0.25, 0.3) is 5.91 Å². The van der Waals surface area contributed by atoms with Crippen molar-refractivity contribution in [3.63, 3.8) is 0 Å². The second-order valence-corrected chi connectivity index (χ2v) is 8.97. The van der Waals surface area contributed by atoms with Crippen LogP contribution in [0.5, 0.6) is 0 Å². The molecular formula is C25H26Cl2N6O2. The number of nitrogens with zero attached hydrogens (tertiary/aromatic N) is 3. The number of hydrogen-bond acceptors (Lipinski definition) is 6. The number of aromatic nitrogens is 2. The summed E-state index contributed by atoms with van der Waals surface area (Å²) in [6.07, 6.45) is 3.68. The van der Waals surface area contributed by atoms with Gasteiger partial charge in [0.15, 0.2) is 0 Å². The third-order valence-electron chi connectivity index (χ3n) is 5.58. The van der Waals surface area contributed by atoms with Gasteiger partial charge in [-0.05, 0) is 48.7 Å². The largest absolute Gasteiger partial charge is 0.352 e. The number of benzene rings is 2. The van der Waals surface area contributed by atoms with Gasteiger partial charge in [-0.2, -0.15) is 4.98 Å². The van der Waals surface area contributed by atoms with Crippen molar-refractivity contribution in [3.05, 3.63) is 75.9 Å². The van der Waals surface area contributed by atoms with Gasteiger partial charge in [-0.25, -0.2) is 4.98 Å². The van der Waals surface area contributed by atoms with E-state index < -0.39 is 0 Å². The highest BCUT2D eigenvalue weighted by Crippen LogP contribution is 2.23. The SMILES string of the molecule is O=C(NCCCN1CCCC1=O)c1cnc(NCc2cc(Cl)ccc2Cl)nc1Nc1ccccc1. The molecule has 1 aliphatic rings. The molecule has 10 heteroatoms. The van der Waals surface area contributed by atoms with Crippen molar-refractivity contribution in [2.45, 2.75) is 25.8 Å². The summed E-state index contributed by atoms with van der Waals surface area (Å²) in [4.78, 5) is 35.4. The number of likely N-dealkylation sites (tertiary alicyclic amines) is 1. The van der Waals surface area contributed by atoms with Crippen LogP contribution in [-0.4, -0.2) is 46.3 Å². The molecule has 8 nitrogen and oxygen atoms in total. The first-order valence-electron chi connectivity index (χ1n) is 11.4. The Labute approximate surface area is 214 Å². The summed E-state index contributed by atoms with van der Waals surface area (Å²) in [6.45, 7) is 2.24. The Kier molecular flexibility index (Phi) is 8.39. The second kappa shape index (κ2) is 11.9. The van der Waals surface area contributed by atoms with Crippen LogP contribution in [0.1, 0.15) is 35.2 Å². The number of carbonyl (C=O) groups is 2. The Morgan fingerprint density at radius 2 is 1.94 bits per heavy atom. The number of nitrogens with one attached hydrogen (secondary N) is 3. The maximum Gasteiger partial charge on any atom is 0.256 e. The van der Waals surface area contributed by atoms with Gasteiger partial charge in [-0.15, -0.1) is 0 Å². The molecule has 3 N–H and O–H groups in total. The van der Waals surface area contributed by atoms with Crippen LogP contribution in [0.3, 0.4) is 0 Å². The molecule has 0 atom stereocenters. The van der Waals surface area contributed by atoms with Gasteiger partial charge in [0.05, 0.1) is 0 Å². The summed E-state index contributed by atoms with van der Waals surface area (Å²) < 4.78 is 0. The van der Waals surface area contributed by atoms with Crippen molar-refractivity contribution in [3.8, 4) is 0 Å². The zero-order valence-electron chi connectivity index (χ0n) is 19.1. The number of rotatable bonds is 10. The van der Waals surface area contributed by atoms with Gasteiger partial charge in [0.1, 0.15) is 11.4 Å². The van der Waals surface area contributed by atoms with Crippen molar-refractivity contribution in [2.75, 3.05) is 30.3 Å². The van der Waals surface area contributed by atoms with Crippen LogP contribution in [0.4, 0.5) is 17.5 Å². The fraction of sp³-hybridized carbons (Fsp3) is 0.280. The van der Waals surface area contributed by atoms with E-state index in [-0.39, 0.29) is 11.8 Å². The summed E-state index contributed by atoms with van der Waals surface area (Å²) in [7, 11) is 0. The predicted octanol–water partition coefficient (Wildman–Crippen LogP) is 4.88. The van der Waals surface area contributed by atoms with E-state index in [0.29, 0.717) is 59.9 Å². The molecule has 182 valence electrons. The summed E-state index contributed by atoms with van der Waals surface area (Å²) in [5, 5.41) is 10.4. The molecule has 1 aromatic heterocycles. The molecule has 0 radical (unpaired) electrons. The monoisotopic (exact) mass is 512 g/mol. The van der Waals surface area contributed by atoms with Crippen molar-refractivity contribution in [1.82, 2.24) is 20.2 Å². The molecule has 0 spiro atoms. The third-order valence-corrected chi connectivity index (χ3v) is 6.18. The molecule has 3 aromatic rings. The molecule has 2 amide bonds. The number of para-hydroxylation sites is 1. The van der Waals surface area contributed by atoms with Gasteiger partial charge < -0.3 is 20.9 Å². The molecule has 0 bridgehead atoms. The molecule has 4 rings (SSSR count). The second-order valence-electron chi connectivity index (χ2n) is 8.13. The van der Waals surface area contributed by atoms with Crippen molar-refractivity contribution < 1.29 is 9.59 Å². The fourth-order valence-corrected chi connectivity index (χ4v) is 4.13. The highest BCUT2D eigenvalue weighted by molar-refractivity contribution is 6.33. The highest BCUT2D eigenvalue weighted by atomic mass is 35.5. The Bertz CT molecular complexity index is 1190. The predicted molar refractivity (Wildman–Crippen MR) is 138 cm³/mol. The number of carbonyl (C=O) groups excluding carboxylic acids is 2. The fourth-order valence-electron chi connectivity index (χ4n) is 3.75. The van der Waals surface area contributed by atoms with E-state index in [0.717, 1.165) is 24.2 Å². The molecule has 2 aromatic carbocycles.